The van der Waals surface area contributed by atoms with Gasteiger partial charge in [-0.15, -0.1) is 0 Å². The van der Waals surface area contributed by atoms with Crippen LogP contribution in [-0.4, -0.2) is 12.9 Å². The van der Waals surface area contributed by atoms with E-state index in [1.165, 1.54) is 5.56 Å². The molecule has 17 heavy (non-hydrogen) atoms. The highest BCUT2D eigenvalue weighted by atomic mass is 16.7. The number of hydrogen-bond acceptors (Lipinski definition) is 2. The van der Waals surface area contributed by atoms with E-state index in [0.717, 1.165) is 31.6 Å². The Morgan fingerprint density at radius 3 is 2.59 bits per heavy atom. The van der Waals surface area contributed by atoms with Gasteiger partial charge in [0.25, 0.3) is 0 Å². The third-order valence-electron chi connectivity index (χ3n) is 3.68. The summed E-state index contributed by atoms with van der Waals surface area (Å²) in [5, 5.41) is 0. The highest BCUT2D eigenvalue weighted by Gasteiger charge is 2.19. The number of hydrogen-bond donors (Lipinski definition) is 0. The van der Waals surface area contributed by atoms with Gasteiger partial charge in [-0.25, -0.2) is 0 Å². The van der Waals surface area contributed by atoms with Crippen LogP contribution in [0.2, 0.25) is 0 Å². The molecule has 1 aliphatic heterocycles. The van der Waals surface area contributed by atoms with Gasteiger partial charge in [-0.05, 0) is 36.0 Å². The zero-order chi connectivity index (χ0) is 12.3. The minimum absolute atomic E-state index is 0. The van der Waals surface area contributed by atoms with Crippen LogP contribution in [0.4, 0.5) is 0 Å². The molecule has 0 aromatic heterocycles. The molecule has 0 spiro atoms. The minimum Gasteiger partial charge on any atom is -0.465 e. The molecule has 1 fully saturated rings. The van der Waals surface area contributed by atoms with Gasteiger partial charge in [0.2, 0.25) is 0 Å². The quantitative estimate of drug-likeness (QED) is 0.782. The maximum Gasteiger partial charge on any atom is 0.199 e. The molecule has 96 valence electrons. The lowest BCUT2D eigenvalue weighted by atomic mass is 9.82. The first-order valence-corrected chi connectivity index (χ1v) is 6.50. The molecule has 0 bridgehead atoms. The van der Waals surface area contributed by atoms with E-state index < -0.39 is 0 Å². The first-order valence-electron chi connectivity index (χ1n) is 6.50. The molecule has 0 aliphatic carbocycles. The van der Waals surface area contributed by atoms with Crippen molar-refractivity contribution in [3.8, 4) is 5.75 Å². The zero-order valence-corrected chi connectivity index (χ0v) is 11.0. The Kier molecular flexibility index (Phi) is 3.72. The largest absolute Gasteiger partial charge is 0.465 e. The summed E-state index contributed by atoms with van der Waals surface area (Å²) in [4.78, 5) is 0. The first-order chi connectivity index (χ1) is 8.12. The van der Waals surface area contributed by atoms with E-state index in [2.05, 4.69) is 45.0 Å². The van der Waals surface area contributed by atoms with E-state index in [0.29, 0.717) is 0 Å². The van der Waals surface area contributed by atoms with Gasteiger partial charge < -0.3 is 9.47 Å². The molecule has 0 amide bonds. The molecular formula is C15H24O2. The van der Waals surface area contributed by atoms with E-state index in [1.807, 2.05) is 0 Å². The third kappa shape index (κ3) is 3.01. The fraction of sp³-hybridized carbons (Fsp3) is 0.600. The predicted molar refractivity (Wildman–Crippen MR) is 71.5 cm³/mol. The van der Waals surface area contributed by atoms with Crippen molar-refractivity contribution >= 4 is 0 Å². The molecule has 1 atom stereocenters. The maximum absolute atomic E-state index is 5.75. The Bertz CT molecular complexity index is 353. The normalized spacial score (nSPS) is 20.5. The number of ether oxygens (including phenoxy) is 2. The SMILES string of the molecule is CCC(C)(C)c1ccc(OC2CCCO2)cc1.[HH]. The van der Waals surface area contributed by atoms with E-state index in [1.54, 1.807) is 0 Å². The molecule has 2 nitrogen and oxygen atoms in total. The Morgan fingerprint density at radius 2 is 2.06 bits per heavy atom. The average Bonchev–Trinajstić information content (AvgIpc) is 2.83. The molecule has 1 unspecified atom stereocenters. The molecule has 0 saturated carbocycles. The Morgan fingerprint density at radius 1 is 1.35 bits per heavy atom. The molecule has 0 N–H and O–H groups in total. The minimum atomic E-state index is -0.0416. The molecular weight excluding hydrogens is 212 g/mol. The van der Waals surface area contributed by atoms with Crippen LogP contribution in [0.3, 0.4) is 0 Å². The van der Waals surface area contributed by atoms with Gasteiger partial charge in [0.15, 0.2) is 6.29 Å². The van der Waals surface area contributed by atoms with Crippen molar-refractivity contribution in [3.05, 3.63) is 29.8 Å². The molecule has 0 radical (unpaired) electrons. The van der Waals surface area contributed by atoms with Crippen molar-refractivity contribution in [3.63, 3.8) is 0 Å². The molecule has 2 rings (SSSR count). The second-order valence-electron chi connectivity index (χ2n) is 5.32. The van der Waals surface area contributed by atoms with Crippen molar-refractivity contribution in [1.29, 1.82) is 0 Å². The van der Waals surface area contributed by atoms with Crippen LogP contribution < -0.4 is 4.74 Å². The van der Waals surface area contributed by atoms with Crippen LogP contribution >= 0.6 is 0 Å². The Hall–Kier alpha value is -1.02. The van der Waals surface area contributed by atoms with Gasteiger partial charge >= 0.3 is 0 Å². The lowest BCUT2D eigenvalue weighted by Crippen LogP contribution is -2.16. The van der Waals surface area contributed by atoms with E-state index >= 15 is 0 Å². The summed E-state index contributed by atoms with van der Waals surface area (Å²) in [6.07, 6.45) is 3.20. The summed E-state index contributed by atoms with van der Waals surface area (Å²) in [6, 6.07) is 8.42. The van der Waals surface area contributed by atoms with Crippen molar-refractivity contribution in [2.45, 2.75) is 51.7 Å². The van der Waals surface area contributed by atoms with Gasteiger partial charge in [0, 0.05) is 7.85 Å². The van der Waals surface area contributed by atoms with Crippen LogP contribution in [0, 0.1) is 0 Å². The van der Waals surface area contributed by atoms with E-state index in [9.17, 15) is 0 Å². The van der Waals surface area contributed by atoms with E-state index in [-0.39, 0.29) is 13.1 Å². The van der Waals surface area contributed by atoms with Crippen LogP contribution in [0.25, 0.3) is 0 Å². The van der Waals surface area contributed by atoms with Gasteiger partial charge in [0.1, 0.15) is 5.75 Å². The Balaban J connectivity index is 0.00000162. The smallest absolute Gasteiger partial charge is 0.199 e. The summed E-state index contributed by atoms with van der Waals surface area (Å²) in [5.74, 6) is 0.910. The molecule has 1 saturated heterocycles. The van der Waals surface area contributed by atoms with Gasteiger partial charge in [-0.1, -0.05) is 32.9 Å². The highest BCUT2D eigenvalue weighted by molar-refractivity contribution is 5.31. The average molecular weight is 236 g/mol. The Labute approximate surface area is 105 Å². The van der Waals surface area contributed by atoms with Gasteiger partial charge in [0.05, 0.1) is 6.61 Å². The van der Waals surface area contributed by atoms with Crippen molar-refractivity contribution in [1.82, 2.24) is 0 Å². The molecule has 1 aliphatic rings. The van der Waals surface area contributed by atoms with Gasteiger partial charge in [-0.3, -0.25) is 0 Å². The van der Waals surface area contributed by atoms with Crippen molar-refractivity contribution in [2.75, 3.05) is 6.61 Å². The predicted octanol–water partition coefficient (Wildman–Crippen LogP) is 4.14. The third-order valence-corrected chi connectivity index (χ3v) is 3.68. The summed E-state index contributed by atoms with van der Waals surface area (Å²) < 4.78 is 11.2. The summed E-state index contributed by atoms with van der Waals surface area (Å²) in [5.41, 5.74) is 1.60. The first kappa shape index (κ1) is 12.4. The van der Waals surface area contributed by atoms with Crippen LogP contribution in [-0.2, 0) is 10.2 Å². The maximum atomic E-state index is 5.75. The van der Waals surface area contributed by atoms with Crippen LogP contribution in [0.15, 0.2) is 24.3 Å². The molecule has 1 aromatic carbocycles. The monoisotopic (exact) mass is 236 g/mol. The summed E-state index contributed by atoms with van der Waals surface area (Å²) in [6.45, 7) is 7.58. The highest BCUT2D eigenvalue weighted by Crippen LogP contribution is 2.28. The summed E-state index contributed by atoms with van der Waals surface area (Å²) in [7, 11) is 0. The van der Waals surface area contributed by atoms with Gasteiger partial charge in [-0.2, -0.15) is 0 Å². The lowest BCUT2D eigenvalue weighted by molar-refractivity contribution is -0.0390. The zero-order valence-electron chi connectivity index (χ0n) is 11.0. The second kappa shape index (κ2) is 5.09. The standard InChI is InChI=1S/C15H22O2.H2/c1-4-15(2,3)12-7-9-13(10-8-12)17-14-6-5-11-16-14;/h7-10,14H,4-6,11H2,1-3H3;1H. The number of rotatable bonds is 4. The molecule has 1 aromatic rings. The topological polar surface area (TPSA) is 18.5 Å². The van der Waals surface area contributed by atoms with Crippen molar-refractivity contribution in [2.24, 2.45) is 0 Å². The number of benzene rings is 1. The second-order valence-corrected chi connectivity index (χ2v) is 5.32. The molecule has 2 heteroatoms. The lowest BCUT2D eigenvalue weighted by Gasteiger charge is -2.23. The van der Waals surface area contributed by atoms with E-state index in [4.69, 9.17) is 9.47 Å². The fourth-order valence-electron chi connectivity index (χ4n) is 1.98. The van der Waals surface area contributed by atoms with Crippen LogP contribution in [0.5, 0.6) is 5.75 Å². The summed E-state index contributed by atoms with van der Waals surface area (Å²) >= 11 is 0. The molecule has 1 heterocycles. The fourth-order valence-corrected chi connectivity index (χ4v) is 1.98. The van der Waals surface area contributed by atoms with Crippen LogP contribution in [0.1, 0.15) is 47.0 Å². The van der Waals surface area contributed by atoms with Crippen molar-refractivity contribution < 1.29 is 10.9 Å².